The zero-order valence-electron chi connectivity index (χ0n) is 26.1. The number of hydrogen-bond donors (Lipinski definition) is 0. The van der Waals surface area contributed by atoms with E-state index < -0.39 is 8.07 Å². The Labute approximate surface area is 268 Å². The normalized spacial score (nSPS) is 15.4. The molecule has 220 valence electrons. The van der Waals surface area contributed by atoms with Gasteiger partial charge in [-0.3, -0.25) is 9.59 Å². The standard InChI is InChI=1S/C40H33NO2SSi/c1-40(2)33-12-8-9-13-35(33)41(27-14-16-29(17-15-27)45(3,4)5)36-23-37-26(21-34(36)40)18-28(44-37)22-32-38(42)30-19-24-10-6-7-11-25(24)20-31(30)39(32)43/h6-23H,1-5H3. The molecule has 0 fully saturated rings. The van der Waals surface area contributed by atoms with Crippen LogP contribution >= 0.6 is 11.3 Å². The molecular weight excluding hydrogens is 587 g/mol. The van der Waals surface area contributed by atoms with Crippen molar-refractivity contribution in [2.45, 2.75) is 38.9 Å². The quantitative estimate of drug-likeness (QED) is 0.112. The predicted molar refractivity (Wildman–Crippen MR) is 192 cm³/mol. The molecular formula is C40H33NO2SSi. The van der Waals surface area contributed by atoms with Crippen LogP contribution in [-0.2, 0) is 5.41 Å². The van der Waals surface area contributed by atoms with Gasteiger partial charge in [0.1, 0.15) is 0 Å². The molecule has 8 rings (SSSR count). The van der Waals surface area contributed by atoms with Gasteiger partial charge in [0.25, 0.3) is 0 Å². The maximum atomic E-state index is 13.5. The van der Waals surface area contributed by atoms with Gasteiger partial charge in [-0.15, -0.1) is 11.3 Å². The molecule has 0 saturated carbocycles. The Bertz CT molecular complexity index is 2210. The van der Waals surface area contributed by atoms with Gasteiger partial charge < -0.3 is 4.90 Å². The summed E-state index contributed by atoms with van der Waals surface area (Å²) in [6.07, 6.45) is 1.80. The number of fused-ring (bicyclic) bond motifs is 5. The molecule has 1 aliphatic carbocycles. The van der Waals surface area contributed by atoms with Gasteiger partial charge in [-0.2, -0.15) is 0 Å². The Kier molecular flexibility index (Phi) is 6.02. The first-order valence-corrected chi connectivity index (χ1v) is 19.7. The molecule has 5 heteroatoms. The van der Waals surface area contributed by atoms with E-state index in [-0.39, 0.29) is 22.6 Å². The Morgan fingerprint density at radius 2 is 1.29 bits per heavy atom. The van der Waals surface area contributed by atoms with Gasteiger partial charge in [-0.1, -0.05) is 93.3 Å². The first kappa shape index (κ1) is 27.9. The average molecular weight is 620 g/mol. The minimum Gasteiger partial charge on any atom is -0.310 e. The third-order valence-electron chi connectivity index (χ3n) is 9.53. The summed E-state index contributed by atoms with van der Waals surface area (Å²) in [7, 11) is -1.44. The van der Waals surface area contributed by atoms with Gasteiger partial charge in [-0.05, 0) is 81.9 Å². The number of carbonyl (C=O) groups excluding carboxylic acids is 2. The summed E-state index contributed by atoms with van der Waals surface area (Å²) in [4.78, 5) is 30.3. The molecule has 2 heterocycles. The van der Waals surface area contributed by atoms with Crippen molar-refractivity contribution < 1.29 is 9.59 Å². The fourth-order valence-electron chi connectivity index (χ4n) is 7.00. The molecule has 5 aromatic carbocycles. The Balaban J connectivity index is 1.25. The maximum absolute atomic E-state index is 13.5. The Hall–Kier alpha value is -4.58. The van der Waals surface area contributed by atoms with Crippen molar-refractivity contribution in [1.82, 2.24) is 0 Å². The number of hydrogen-bond acceptors (Lipinski definition) is 4. The number of thiophene rings is 1. The number of nitrogens with zero attached hydrogens (tertiary/aromatic N) is 1. The van der Waals surface area contributed by atoms with E-state index in [1.807, 2.05) is 36.4 Å². The van der Waals surface area contributed by atoms with Gasteiger partial charge in [0.15, 0.2) is 11.6 Å². The molecule has 3 nitrogen and oxygen atoms in total. The third kappa shape index (κ3) is 4.29. The monoisotopic (exact) mass is 619 g/mol. The Morgan fingerprint density at radius 1 is 0.667 bits per heavy atom. The zero-order chi connectivity index (χ0) is 31.2. The van der Waals surface area contributed by atoms with Gasteiger partial charge >= 0.3 is 0 Å². The molecule has 0 atom stereocenters. The average Bonchev–Trinajstić information content (AvgIpc) is 3.52. The fraction of sp³-hybridized carbons (Fsp3) is 0.150. The molecule has 6 aromatic rings. The van der Waals surface area contributed by atoms with Crippen molar-refractivity contribution in [3.8, 4) is 0 Å². The van der Waals surface area contributed by atoms with Crippen molar-refractivity contribution in [3.63, 3.8) is 0 Å². The summed E-state index contributed by atoms with van der Waals surface area (Å²) in [5, 5.41) is 4.49. The van der Waals surface area contributed by atoms with Crippen LogP contribution in [0.3, 0.4) is 0 Å². The van der Waals surface area contributed by atoms with Crippen LogP contribution in [0.1, 0.15) is 50.6 Å². The summed E-state index contributed by atoms with van der Waals surface area (Å²) < 4.78 is 1.13. The van der Waals surface area contributed by atoms with Crippen LogP contribution in [-0.4, -0.2) is 19.6 Å². The van der Waals surface area contributed by atoms with E-state index in [2.05, 4.69) is 105 Å². The number of rotatable bonds is 3. The lowest BCUT2D eigenvalue weighted by Crippen LogP contribution is -2.37. The van der Waals surface area contributed by atoms with E-state index in [0.29, 0.717) is 11.1 Å². The second-order valence-corrected chi connectivity index (χ2v) is 20.0. The number of para-hydroxylation sites is 1. The minimum absolute atomic E-state index is 0.193. The lowest BCUT2D eigenvalue weighted by atomic mass is 9.73. The van der Waals surface area contributed by atoms with Crippen LogP contribution in [0, 0.1) is 0 Å². The molecule has 0 saturated heterocycles. The number of ketones is 2. The van der Waals surface area contributed by atoms with E-state index in [1.54, 1.807) is 17.4 Å². The first-order valence-electron chi connectivity index (χ1n) is 15.4. The van der Waals surface area contributed by atoms with Gasteiger partial charge in [0.05, 0.1) is 25.0 Å². The highest BCUT2D eigenvalue weighted by Gasteiger charge is 2.38. The topological polar surface area (TPSA) is 37.4 Å². The van der Waals surface area contributed by atoms with E-state index in [1.165, 1.54) is 27.7 Å². The van der Waals surface area contributed by atoms with E-state index in [4.69, 9.17) is 0 Å². The highest BCUT2D eigenvalue weighted by Crippen LogP contribution is 2.53. The molecule has 0 N–H and O–H groups in total. The molecule has 0 unspecified atom stereocenters. The highest BCUT2D eigenvalue weighted by atomic mass is 32.1. The second-order valence-electron chi connectivity index (χ2n) is 13.8. The summed E-state index contributed by atoms with van der Waals surface area (Å²) >= 11 is 1.63. The molecule has 45 heavy (non-hydrogen) atoms. The summed E-state index contributed by atoms with van der Waals surface area (Å²) in [5.74, 6) is -0.385. The SMILES string of the molecule is CC1(C)c2ccccc2N(c2ccc([Si](C)(C)C)cc2)c2cc3sc(C=C4C(=O)c5cc6ccccc6cc5C4=O)cc3cc21. The number of Topliss-reactive ketones (excluding diaryl/α,β-unsaturated/α-hetero) is 2. The van der Waals surface area contributed by atoms with Crippen molar-refractivity contribution in [2.24, 2.45) is 0 Å². The van der Waals surface area contributed by atoms with E-state index in [0.717, 1.165) is 31.4 Å². The van der Waals surface area contributed by atoms with Crippen LogP contribution in [0.15, 0.2) is 109 Å². The number of anilines is 3. The first-order chi connectivity index (χ1) is 21.5. The largest absolute Gasteiger partial charge is 0.310 e. The number of allylic oxidation sites excluding steroid dienone is 1. The number of carbonyl (C=O) groups is 2. The molecule has 2 aliphatic rings. The summed E-state index contributed by atoms with van der Waals surface area (Å²) in [6, 6.07) is 36.1. The van der Waals surface area contributed by atoms with Crippen LogP contribution in [0.25, 0.3) is 26.9 Å². The van der Waals surface area contributed by atoms with Crippen molar-refractivity contribution >= 4 is 80.2 Å². The smallest absolute Gasteiger partial charge is 0.197 e. The van der Waals surface area contributed by atoms with Crippen LogP contribution in [0.5, 0.6) is 0 Å². The summed E-state index contributed by atoms with van der Waals surface area (Å²) in [5.41, 5.74) is 7.08. The maximum Gasteiger partial charge on any atom is 0.197 e. The molecule has 1 aromatic heterocycles. The van der Waals surface area contributed by atoms with Crippen LogP contribution in [0.2, 0.25) is 19.6 Å². The summed E-state index contributed by atoms with van der Waals surface area (Å²) in [6.45, 7) is 11.7. The predicted octanol–water partition coefficient (Wildman–Crippen LogP) is 10.2. The van der Waals surface area contributed by atoms with Gasteiger partial charge in [0.2, 0.25) is 0 Å². The molecule has 0 radical (unpaired) electrons. The second kappa shape index (κ2) is 9.71. The minimum atomic E-state index is -1.44. The Morgan fingerprint density at radius 3 is 1.93 bits per heavy atom. The number of benzene rings is 5. The van der Waals surface area contributed by atoms with Crippen LogP contribution in [0.4, 0.5) is 17.1 Å². The molecule has 0 bridgehead atoms. The third-order valence-corrected chi connectivity index (χ3v) is 12.6. The molecule has 0 spiro atoms. The van der Waals surface area contributed by atoms with E-state index >= 15 is 0 Å². The molecule has 1 aliphatic heterocycles. The highest BCUT2D eigenvalue weighted by molar-refractivity contribution is 7.20. The van der Waals surface area contributed by atoms with Crippen molar-refractivity contribution in [1.29, 1.82) is 0 Å². The lowest BCUT2D eigenvalue weighted by Gasteiger charge is -2.42. The van der Waals surface area contributed by atoms with Crippen molar-refractivity contribution in [3.05, 3.63) is 136 Å². The zero-order valence-corrected chi connectivity index (χ0v) is 27.9. The van der Waals surface area contributed by atoms with E-state index in [9.17, 15) is 9.59 Å². The van der Waals surface area contributed by atoms with Gasteiger partial charge in [-0.25, -0.2) is 0 Å². The van der Waals surface area contributed by atoms with Crippen LogP contribution < -0.4 is 10.1 Å². The van der Waals surface area contributed by atoms with Gasteiger partial charge in [0, 0.05) is 31.8 Å². The lowest BCUT2D eigenvalue weighted by molar-refractivity contribution is 0.0990. The fourth-order valence-corrected chi connectivity index (χ4v) is 9.19. The van der Waals surface area contributed by atoms with Crippen molar-refractivity contribution in [2.75, 3.05) is 4.90 Å². The molecule has 0 amide bonds.